The molecular weight excluding hydrogens is 257 g/mol. The number of halogens is 1. The number of aromatic nitrogens is 2. The Morgan fingerprint density at radius 3 is 2.75 bits per heavy atom. The molecule has 108 valence electrons. The van der Waals surface area contributed by atoms with Gasteiger partial charge in [0.2, 0.25) is 0 Å². The highest BCUT2D eigenvalue weighted by Gasteiger charge is 2.09. The van der Waals surface area contributed by atoms with Crippen LogP contribution >= 0.6 is 0 Å². The van der Waals surface area contributed by atoms with Gasteiger partial charge < -0.3 is 10.4 Å². The molecule has 2 aromatic rings. The summed E-state index contributed by atoms with van der Waals surface area (Å²) in [5.41, 5.74) is 0.721. The predicted octanol–water partition coefficient (Wildman–Crippen LogP) is 2.12. The molecule has 5 heteroatoms. The third-order valence-electron chi connectivity index (χ3n) is 3.26. The molecule has 0 aliphatic heterocycles. The van der Waals surface area contributed by atoms with Crippen LogP contribution in [0, 0.1) is 5.82 Å². The van der Waals surface area contributed by atoms with Crippen molar-refractivity contribution in [2.45, 2.75) is 32.0 Å². The van der Waals surface area contributed by atoms with Crippen molar-refractivity contribution in [1.82, 2.24) is 15.1 Å². The van der Waals surface area contributed by atoms with E-state index in [1.165, 1.54) is 12.1 Å². The summed E-state index contributed by atoms with van der Waals surface area (Å²) in [6.07, 6.45) is 4.00. The van der Waals surface area contributed by atoms with E-state index in [4.69, 9.17) is 0 Å². The lowest BCUT2D eigenvalue weighted by Gasteiger charge is -2.17. The number of aliphatic hydroxyl groups is 1. The lowest BCUT2D eigenvalue weighted by molar-refractivity contribution is 0.169. The highest BCUT2D eigenvalue weighted by Crippen LogP contribution is 2.12. The van der Waals surface area contributed by atoms with Gasteiger partial charge in [0, 0.05) is 31.5 Å². The van der Waals surface area contributed by atoms with Gasteiger partial charge in [-0.1, -0.05) is 12.1 Å². The average Bonchev–Trinajstić information content (AvgIpc) is 2.96. The molecule has 0 saturated carbocycles. The van der Waals surface area contributed by atoms with Gasteiger partial charge in [0.1, 0.15) is 5.82 Å². The third-order valence-corrected chi connectivity index (χ3v) is 3.26. The number of hydrogen-bond acceptors (Lipinski definition) is 3. The SMILES string of the molecule is CC(CCn1cccn1)NCC(O)c1ccc(F)cc1. The fraction of sp³-hybridized carbons (Fsp3) is 0.400. The minimum absolute atomic E-state index is 0.272. The van der Waals surface area contributed by atoms with Crippen LogP contribution in [0.3, 0.4) is 0 Å². The molecule has 0 aliphatic rings. The van der Waals surface area contributed by atoms with Crippen molar-refractivity contribution < 1.29 is 9.50 Å². The van der Waals surface area contributed by atoms with Crippen molar-refractivity contribution in [1.29, 1.82) is 0 Å². The summed E-state index contributed by atoms with van der Waals surface area (Å²) >= 11 is 0. The molecule has 0 amide bonds. The first-order chi connectivity index (χ1) is 9.65. The van der Waals surface area contributed by atoms with Crippen LogP contribution in [0.15, 0.2) is 42.7 Å². The number of benzene rings is 1. The largest absolute Gasteiger partial charge is 0.387 e. The van der Waals surface area contributed by atoms with Crippen molar-refractivity contribution in [3.8, 4) is 0 Å². The molecule has 1 heterocycles. The standard InChI is InChI=1S/C15H20FN3O/c1-12(7-10-19-9-2-8-18-19)17-11-15(20)13-3-5-14(16)6-4-13/h2-6,8-9,12,15,17,20H,7,10-11H2,1H3. The van der Waals surface area contributed by atoms with E-state index < -0.39 is 6.10 Å². The molecule has 2 N–H and O–H groups in total. The Bertz CT molecular complexity index is 498. The van der Waals surface area contributed by atoms with Crippen molar-refractivity contribution in [2.75, 3.05) is 6.54 Å². The zero-order chi connectivity index (χ0) is 14.4. The Morgan fingerprint density at radius 2 is 2.10 bits per heavy atom. The van der Waals surface area contributed by atoms with E-state index in [0.717, 1.165) is 18.5 Å². The van der Waals surface area contributed by atoms with Crippen LogP contribution < -0.4 is 5.32 Å². The molecule has 0 saturated heterocycles. The van der Waals surface area contributed by atoms with E-state index in [2.05, 4.69) is 17.3 Å². The van der Waals surface area contributed by atoms with E-state index in [9.17, 15) is 9.50 Å². The van der Waals surface area contributed by atoms with Gasteiger partial charge in [-0.25, -0.2) is 4.39 Å². The fourth-order valence-corrected chi connectivity index (χ4v) is 1.98. The van der Waals surface area contributed by atoms with Crippen molar-refractivity contribution in [3.63, 3.8) is 0 Å². The Labute approximate surface area is 118 Å². The quantitative estimate of drug-likeness (QED) is 0.815. The maximum atomic E-state index is 12.8. The maximum absolute atomic E-state index is 12.8. The highest BCUT2D eigenvalue weighted by atomic mass is 19.1. The Balaban J connectivity index is 1.72. The minimum Gasteiger partial charge on any atom is -0.387 e. The van der Waals surface area contributed by atoms with Crippen molar-refractivity contribution in [3.05, 3.63) is 54.1 Å². The Morgan fingerprint density at radius 1 is 1.35 bits per heavy atom. The monoisotopic (exact) mass is 277 g/mol. The molecule has 2 atom stereocenters. The van der Waals surface area contributed by atoms with Gasteiger partial charge in [-0.2, -0.15) is 5.10 Å². The smallest absolute Gasteiger partial charge is 0.123 e. The fourth-order valence-electron chi connectivity index (χ4n) is 1.98. The van der Waals surface area contributed by atoms with E-state index in [0.29, 0.717) is 6.54 Å². The van der Waals surface area contributed by atoms with Crippen LogP contribution in [0.4, 0.5) is 4.39 Å². The summed E-state index contributed by atoms with van der Waals surface area (Å²) in [4.78, 5) is 0. The first-order valence-electron chi connectivity index (χ1n) is 6.79. The predicted molar refractivity (Wildman–Crippen MR) is 75.7 cm³/mol. The number of nitrogens with zero attached hydrogens (tertiary/aromatic N) is 2. The molecule has 0 bridgehead atoms. The molecule has 1 aromatic carbocycles. The summed E-state index contributed by atoms with van der Waals surface area (Å²) in [6, 6.07) is 8.11. The van der Waals surface area contributed by atoms with Crippen molar-refractivity contribution in [2.24, 2.45) is 0 Å². The summed E-state index contributed by atoms with van der Waals surface area (Å²) < 4.78 is 14.7. The minimum atomic E-state index is -0.622. The first-order valence-corrected chi connectivity index (χ1v) is 6.79. The second kappa shape index (κ2) is 7.17. The van der Waals surface area contributed by atoms with E-state index >= 15 is 0 Å². The molecule has 20 heavy (non-hydrogen) atoms. The topological polar surface area (TPSA) is 50.1 Å². The van der Waals surface area contributed by atoms with E-state index in [1.807, 2.05) is 16.9 Å². The van der Waals surface area contributed by atoms with Gasteiger partial charge in [0.05, 0.1) is 6.10 Å². The van der Waals surface area contributed by atoms with Gasteiger partial charge in [0.15, 0.2) is 0 Å². The number of aryl methyl sites for hydroxylation is 1. The first kappa shape index (κ1) is 14.7. The van der Waals surface area contributed by atoms with Gasteiger partial charge in [-0.15, -0.1) is 0 Å². The van der Waals surface area contributed by atoms with Crippen molar-refractivity contribution >= 4 is 0 Å². The highest BCUT2D eigenvalue weighted by molar-refractivity contribution is 5.18. The molecule has 2 unspecified atom stereocenters. The van der Waals surface area contributed by atoms with Gasteiger partial charge in [0.25, 0.3) is 0 Å². The van der Waals surface area contributed by atoms with Crippen LogP contribution in [-0.2, 0) is 6.54 Å². The molecule has 0 spiro atoms. The van der Waals surface area contributed by atoms with Gasteiger partial charge in [-0.05, 0) is 37.1 Å². The third kappa shape index (κ3) is 4.43. The van der Waals surface area contributed by atoms with Crippen LogP contribution in [-0.4, -0.2) is 27.5 Å². The van der Waals surface area contributed by atoms with Crippen LogP contribution in [0.25, 0.3) is 0 Å². The number of nitrogens with one attached hydrogen (secondary N) is 1. The lowest BCUT2D eigenvalue weighted by Crippen LogP contribution is -2.31. The van der Waals surface area contributed by atoms with Gasteiger partial charge in [-0.3, -0.25) is 4.68 Å². The molecule has 0 fully saturated rings. The molecule has 4 nitrogen and oxygen atoms in total. The number of aliphatic hydroxyl groups excluding tert-OH is 1. The average molecular weight is 277 g/mol. The Kier molecular flexibility index (Phi) is 5.26. The maximum Gasteiger partial charge on any atom is 0.123 e. The molecule has 0 aliphatic carbocycles. The van der Waals surface area contributed by atoms with E-state index in [-0.39, 0.29) is 11.9 Å². The lowest BCUT2D eigenvalue weighted by atomic mass is 10.1. The molecule has 0 radical (unpaired) electrons. The number of rotatable bonds is 7. The van der Waals surface area contributed by atoms with Gasteiger partial charge >= 0.3 is 0 Å². The summed E-state index contributed by atoms with van der Waals surface area (Å²) in [5.74, 6) is -0.290. The van der Waals surface area contributed by atoms with Crippen LogP contribution in [0.5, 0.6) is 0 Å². The molecular formula is C15H20FN3O. The zero-order valence-electron chi connectivity index (χ0n) is 11.5. The molecule has 1 aromatic heterocycles. The summed E-state index contributed by atoms with van der Waals surface area (Å²) in [6.45, 7) is 3.36. The van der Waals surface area contributed by atoms with E-state index in [1.54, 1.807) is 18.3 Å². The second-order valence-electron chi connectivity index (χ2n) is 4.93. The Hall–Kier alpha value is -1.72. The summed E-state index contributed by atoms with van der Waals surface area (Å²) in [5, 5.41) is 17.4. The normalized spacial score (nSPS) is 14.2. The second-order valence-corrected chi connectivity index (χ2v) is 4.93. The van der Waals surface area contributed by atoms with Crippen LogP contribution in [0.1, 0.15) is 25.0 Å². The van der Waals surface area contributed by atoms with Crippen LogP contribution in [0.2, 0.25) is 0 Å². The molecule has 2 rings (SSSR count). The summed E-state index contributed by atoms with van der Waals surface area (Å²) in [7, 11) is 0. The zero-order valence-corrected chi connectivity index (χ0v) is 11.5. The number of hydrogen-bond donors (Lipinski definition) is 2.